The first kappa shape index (κ1) is 25.2. The number of aromatic nitrogens is 4. The molecule has 38 heavy (non-hydrogen) atoms. The Balaban J connectivity index is 1.50. The predicted molar refractivity (Wildman–Crippen MR) is 136 cm³/mol. The lowest BCUT2D eigenvalue weighted by atomic mass is 10.00. The number of nitrogen functional groups attached to an aromatic ring is 1. The lowest BCUT2D eigenvalue weighted by Gasteiger charge is -2.24. The van der Waals surface area contributed by atoms with E-state index in [1.807, 2.05) is 0 Å². The highest BCUT2D eigenvalue weighted by atomic mass is 19.1. The number of ketones is 1. The summed E-state index contributed by atoms with van der Waals surface area (Å²) in [6, 6.07) is 8.94. The third kappa shape index (κ3) is 4.79. The van der Waals surface area contributed by atoms with Gasteiger partial charge in [-0.05, 0) is 51.5 Å². The summed E-state index contributed by atoms with van der Waals surface area (Å²) in [5, 5.41) is 5.02. The standard InChI is InChI=1S/C27H26F2N6O3/c1-27(2,3)38-26(37)34-10-9-18(13-34)35-25-21(24(30)31-14-32-25)22(33-35)19-8-7-16(12-20(19)29)23(36)15-5-4-6-17(28)11-15/h4-8,11-12,14,18H,9-10,13H2,1-3H3,(H2,30,31,32)/t18-/m1/s1. The van der Waals surface area contributed by atoms with Crippen LogP contribution in [-0.2, 0) is 4.74 Å². The fraction of sp³-hybridized carbons (Fsp3) is 0.296. The average molecular weight is 521 g/mol. The zero-order chi connectivity index (χ0) is 27.2. The second kappa shape index (κ2) is 9.47. The number of ether oxygens (including phenoxy) is 1. The fourth-order valence-corrected chi connectivity index (χ4v) is 4.52. The summed E-state index contributed by atoms with van der Waals surface area (Å²) < 4.78 is 36.1. The first-order valence-corrected chi connectivity index (χ1v) is 12.1. The van der Waals surface area contributed by atoms with Gasteiger partial charge in [0.15, 0.2) is 11.4 Å². The first-order chi connectivity index (χ1) is 18.0. The van der Waals surface area contributed by atoms with Crippen molar-refractivity contribution in [3.63, 3.8) is 0 Å². The van der Waals surface area contributed by atoms with Crippen molar-refractivity contribution < 1.29 is 23.1 Å². The van der Waals surface area contributed by atoms with Crippen molar-refractivity contribution >= 4 is 28.7 Å². The molecule has 2 aromatic heterocycles. The average Bonchev–Trinajstić information content (AvgIpc) is 3.48. The highest BCUT2D eigenvalue weighted by molar-refractivity contribution is 6.09. The smallest absolute Gasteiger partial charge is 0.410 e. The molecule has 1 fully saturated rings. The van der Waals surface area contributed by atoms with Gasteiger partial charge in [0.05, 0.1) is 11.4 Å². The van der Waals surface area contributed by atoms with E-state index in [9.17, 15) is 14.0 Å². The van der Waals surface area contributed by atoms with E-state index >= 15 is 4.39 Å². The lowest BCUT2D eigenvalue weighted by molar-refractivity contribution is 0.0288. The molecule has 9 nitrogen and oxygen atoms in total. The molecule has 1 aliphatic heterocycles. The second-order valence-electron chi connectivity index (χ2n) is 10.2. The third-order valence-corrected chi connectivity index (χ3v) is 6.25. The van der Waals surface area contributed by atoms with Crippen molar-refractivity contribution in [3.05, 3.63) is 71.6 Å². The van der Waals surface area contributed by atoms with E-state index in [1.54, 1.807) is 30.4 Å². The molecule has 0 spiro atoms. The Hall–Kier alpha value is -4.41. The fourth-order valence-electron chi connectivity index (χ4n) is 4.52. The van der Waals surface area contributed by atoms with Crippen LogP contribution in [0.2, 0.25) is 0 Å². The number of halogens is 2. The van der Waals surface area contributed by atoms with Gasteiger partial charge in [0.25, 0.3) is 0 Å². The first-order valence-electron chi connectivity index (χ1n) is 12.1. The summed E-state index contributed by atoms with van der Waals surface area (Å²) in [4.78, 5) is 35.3. The Bertz CT molecular complexity index is 1560. The molecule has 2 N–H and O–H groups in total. The number of benzene rings is 2. The Labute approximate surface area is 217 Å². The Morgan fingerprint density at radius 1 is 1.08 bits per heavy atom. The number of hydrogen-bond acceptors (Lipinski definition) is 7. The number of nitrogens with zero attached hydrogens (tertiary/aromatic N) is 5. The largest absolute Gasteiger partial charge is 0.444 e. The van der Waals surface area contributed by atoms with E-state index in [1.165, 1.54) is 36.7 Å². The summed E-state index contributed by atoms with van der Waals surface area (Å²) >= 11 is 0. The van der Waals surface area contributed by atoms with Crippen molar-refractivity contribution in [1.82, 2.24) is 24.6 Å². The monoisotopic (exact) mass is 520 g/mol. The van der Waals surface area contributed by atoms with Crippen LogP contribution in [0, 0.1) is 11.6 Å². The minimum absolute atomic E-state index is 0.0635. The van der Waals surface area contributed by atoms with Gasteiger partial charge in [0.2, 0.25) is 0 Å². The van der Waals surface area contributed by atoms with Crippen LogP contribution in [0.15, 0.2) is 48.8 Å². The molecule has 1 saturated heterocycles. The number of hydrogen-bond donors (Lipinski definition) is 1. The minimum Gasteiger partial charge on any atom is -0.444 e. The maximum Gasteiger partial charge on any atom is 0.410 e. The van der Waals surface area contributed by atoms with E-state index in [0.29, 0.717) is 30.5 Å². The van der Waals surface area contributed by atoms with Crippen molar-refractivity contribution in [3.8, 4) is 11.3 Å². The van der Waals surface area contributed by atoms with Crippen LogP contribution in [0.5, 0.6) is 0 Å². The van der Waals surface area contributed by atoms with Crippen molar-refractivity contribution in [2.24, 2.45) is 0 Å². The summed E-state index contributed by atoms with van der Waals surface area (Å²) in [7, 11) is 0. The van der Waals surface area contributed by atoms with Gasteiger partial charge >= 0.3 is 6.09 Å². The van der Waals surface area contributed by atoms with E-state index in [0.717, 1.165) is 12.1 Å². The van der Waals surface area contributed by atoms with E-state index in [-0.39, 0.29) is 34.2 Å². The number of anilines is 1. The quantitative estimate of drug-likeness (QED) is 0.386. The highest BCUT2D eigenvalue weighted by Gasteiger charge is 2.33. The van der Waals surface area contributed by atoms with E-state index in [2.05, 4.69) is 15.1 Å². The predicted octanol–water partition coefficient (Wildman–Crippen LogP) is 4.77. The molecule has 0 unspecified atom stereocenters. The van der Waals surface area contributed by atoms with Gasteiger partial charge in [-0.1, -0.05) is 18.2 Å². The summed E-state index contributed by atoms with van der Waals surface area (Å²) in [6.45, 7) is 6.20. The number of fused-ring (bicyclic) bond motifs is 1. The van der Waals surface area contributed by atoms with Crippen LogP contribution in [-0.4, -0.2) is 55.2 Å². The Morgan fingerprint density at radius 2 is 1.84 bits per heavy atom. The molecule has 5 rings (SSSR count). The summed E-state index contributed by atoms with van der Waals surface area (Å²) in [5.74, 6) is -1.65. The third-order valence-electron chi connectivity index (χ3n) is 6.25. The summed E-state index contributed by atoms with van der Waals surface area (Å²) in [6.07, 6.45) is 1.47. The van der Waals surface area contributed by atoms with Crippen LogP contribution in [0.4, 0.5) is 19.4 Å². The molecular formula is C27H26F2N6O3. The van der Waals surface area contributed by atoms with Crippen molar-refractivity contribution in [1.29, 1.82) is 0 Å². The molecule has 2 aromatic carbocycles. The maximum atomic E-state index is 15.4. The maximum absolute atomic E-state index is 15.4. The SMILES string of the molecule is CC(C)(C)OC(=O)N1CC[C@@H](n2nc(-c3ccc(C(=O)c4cccc(F)c4)cc3F)c3c(N)ncnc32)C1. The van der Waals surface area contributed by atoms with Gasteiger partial charge in [0, 0.05) is 29.8 Å². The van der Waals surface area contributed by atoms with Gasteiger partial charge in [0.1, 0.15) is 35.1 Å². The zero-order valence-corrected chi connectivity index (χ0v) is 21.1. The molecule has 1 atom stereocenters. The highest BCUT2D eigenvalue weighted by Crippen LogP contribution is 2.35. The molecule has 0 aliphatic carbocycles. The van der Waals surface area contributed by atoms with Crippen LogP contribution in [0.3, 0.4) is 0 Å². The van der Waals surface area contributed by atoms with Crippen LogP contribution >= 0.6 is 0 Å². The number of rotatable bonds is 4. The van der Waals surface area contributed by atoms with E-state index in [4.69, 9.17) is 10.5 Å². The van der Waals surface area contributed by atoms with Gasteiger partial charge in [-0.25, -0.2) is 28.2 Å². The van der Waals surface area contributed by atoms with Gasteiger partial charge < -0.3 is 15.4 Å². The Morgan fingerprint density at radius 3 is 2.55 bits per heavy atom. The molecule has 196 valence electrons. The molecule has 1 amide bonds. The molecule has 0 saturated carbocycles. The molecule has 0 bridgehead atoms. The van der Waals surface area contributed by atoms with Gasteiger partial charge in [-0.3, -0.25) is 4.79 Å². The normalized spacial score (nSPS) is 15.7. The van der Waals surface area contributed by atoms with Crippen molar-refractivity contribution in [2.45, 2.75) is 38.8 Å². The zero-order valence-electron chi connectivity index (χ0n) is 21.1. The van der Waals surface area contributed by atoms with E-state index < -0.39 is 29.1 Å². The molecule has 3 heterocycles. The molecule has 4 aromatic rings. The van der Waals surface area contributed by atoms with Crippen LogP contribution < -0.4 is 5.73 Å². The Kier molecular flexibility index (Phi) is 6.29. The number of carbonyl (C=O) groups excluding carboxylic acids is 2. The number of nitrogens with two attached hydrogens (primary N) is 1. The minimum atomic E-state index is -0.705. The van der Waals surface area contributed by atoms with Gasteiger partial charge in [-0.2, -0.15) is 5.10 Å². The lowest BCUT2D eigenvalue weighted by Crippen LogP contribution is -2.35. The molecule has 1 aliphatic rings. The molecular weight excluding hydrogens is 494 g/mol. The van der Waals surface area contributed by atoms with Crippen LogP contribution in [0.25, 0.3) is 22.3 Å². The topological polar surface area (TPSA) is 116 Å². The van der Waals surface area contributed by atoms with Crippen LogP contribution in [0.1, 0.15) is 49.2 Å². The second-order valence-corrected chi connectivity index (χ2v) is 10.2. The van der Waals surface area contributed by atoms with Gasteiger partial charge in [-0.15, -0.1) is 0 Å². The molecule has 0 radical (unpaired) electrons. The summed E-state index contributed by atoms with van der Waals surface area (Å²) in [5.41, 5.74) is 6.45. The number of amides is 1. The molecule has 11 heteroatoms. The number of likely N-dealkylation sites (tertiary alicyclic amines) is 1. The van der Waals surface area contributed by atoms with Crippen molar-refractivity contribution in [2.75, 3.05) is 18.8 Å². The number of carbonyl (C=O) groups is 2.